The van der Waals surface area contributed by atoms with Crippen molar-refractivity contribution in [2.45, 2.75) is 32.6 Å². The van der Waals surface area contributed by atoms with Crippen molar-refractivity contribution in [1.82, 2.24) is 4.90 Å². The first kappa shape index (κ1) is 19.6. The minimum atomic E-state index is 0. The Morgan fingerprint density at radius 3 is 2.20 bits per heavy atom. The van der Waals surface area contributed by atoms with E-state index in [1.807, 2.05) is 42.5 Å². The molecule has 0 radical (unpaired) electrons. The molecule has 1 aliphatic rings. The van der Waals surface area contributed by atoms with Crippen LogP contribution < -0.4 is 9.47 Å². The zero-order valence-corrected chi connectivity index (χ0v) is 15.8. The fraction of sp³-hybridized carbons (Fsp3) is 0.429. The zero-order chi connectivity index (χ0) is 16.6. The average Bonchev–Trinajstić information content (AvgIpc) is 2.63. The van der Waals surface area contributed by atoms with E-state index < -0.39 is 0 Å². The van der Waals surface area contributed by atoms with E-state index in [9.17, 15) is 0 Å². The highest BCUT2D eigenvalue weighted by molar-refractivity contribution is 5.85. The highest BCUT2D eigenvalue weighted by atomic mass is 35.5. The largest absolute Gasteiger partial charge is 0.490 e. The van der Waals surface area contributed by atoms with Crippen LogP contribution in [0.4, 0.5) is 0 Å². The van der Waals surface area contributed by atoms with E-state index in [0.717, 1.165) is 42.4 Å². The number of halogens is 1. The van der Waals surface area contributed by atoms with Crippen LogP contribution >= 0.6 is 12.4 Å². The molecule has 1 aliphatic heterocycles. The highest BCUT2D eigenvalue weighted by Gasteiger charge is 2.10. The molecule has 0 bridgehead atoms. The van der Waals surface area contributed by atoms with Crippen molar-refractivity contribution in [2.75, 3.05) is 26.2 Å². The van der Waals surface area contributed by atoms with Crippen LogP contribution in [0.2, 0.25) is 0 Å². The molecule has 1 heterocycles. The number of rotatable bonds is 7. The van der Waals surface area contributed by atoms with Gasteiger partial charge in [-0.1, -0.05) is 36.8 Å². The molecule has 3 nitrogen and oxygen atoms in total. The third-order valence-corrected chi connectivity index (χ3v) is 4.49. The Hall–Kier alpha value is -1.71. The molecule has 2 aromatic carbocycles. The van der Waals surface area contributed by atoms with Crippen molar-refractivity contribution >= 4 is 12.4 Å². The zero-order valence-electron chi connectivity index (χ0n) is 14.9. The lowest BCUT2D eigenvalue weighted by atomic mass is 10.1. The minimum absolute atomic E-state index is 0. The molecule has 136 valence electrons. The van der Waals surface area contributed by atoms with Crippen molar-refractivity contribution in [3.63, 3.8) is 0 Å². The van der Waals surface area contributed by atoms with E-state index in [1.54, 1.807) is 0 Å². The summed E-state index contributed by atoms with van der Waals surface area (Å²) in [7, 11) is 0. The van der Waals surface area contributed by atoms with Gasteiger partial charge < -0.3 is 14.4 Å². The molecule has 0 aromatic heterocycles. The number of ether oxygens (including phenoxy) is 2. The standard InChI is InChI=1S/C21H27NO2.ClH/c1-18-10-3-4-11-19(18)24-21-13-6-5-12-20(21)23-17-9-16-22-14-7-2-8-15-22;/h3-6,10-13H,2,7-9,14-17H2,1H3;1H. The van der Waals surface area contributed by atoms with Crippen LogP contribution in [0.25, 0.3) is 0 Å². The Morgan fingerprint density at radius 2 is 1.48 bits per heavy atom. The Bertz CT molecular complexity index is 641. The molecule has 2 aromatic rings. The Kier molecular flexibility index (Phi) is 8.10. The molecule has 0 spiro atoms. The fourth-order valence-electron chi connectivity index (χ4n) is 3.10. The molecule has 25 heavy (non-hydrogen) atoms. The van der Waals surface area contributed by atoms with Gasteiger partial charge in [0.15, 0.2) is 11.5 Å². The summed E-state index contributed by atoms with van der Waals surface area (Å²) in [4.78, 5) is 2.54. The Balaban J connectivity index is 0.00000225. The molecule has 0 saturated carbocycles. The monoisotopic (exact) mass is 361 g/mol. The Labute approximate surface area is 157 Å². The average molecular weight is 362 g/mol. The second-order valence-corrected chi connectivity index (χ2v) is 6.42. The summed E-state index contributed by atoms with van der Waals surface area (Å²) >= 11 is 0. The number of nitrogens with zero attached hydrogens (tertiary/aromatic N) is 1. The smallest absolute Gasteiger partial charge is 0.169 e. The van der Waals surface area contributed by atoms with Crippen molar-refractivity contribution in [3.05, 3.63) is 54.1 Å². The van der Waals surface area contributed by atoms with E-state index in [4.69, 9.17) is 9.47 Å². The number of likely N-dealkylation sites (tertiary alicyclic amines) is 1. The highest BCUT2D eigenvalue weighted by Crippen LogP contribution is 2.32. The van der Waals surface area contributed by atoms with Crippen molar-refractivity contribution < 1.29 is 9.47 Å². The SMILES string of the molecule is Cc1ccccc1Oc1ccccc1OCCCN1CCCCC1.Cl. The van der Waals surface area contributed by atoms with Gasteiger partial charge in [0.1, 0.15) is 5.75 Å². The molecular formula is C21H28ClNO2. The van der Waals surface area contributed by atoms with Crippen LogP contribution in [-0.2, 0) is 0 Å². The maximum absolute atomic E-state index is 6.05. The van der Waals surface area contributed by atoms with Crippen LogP contribution in [0, 0.1) is 6.92 Å². The number of piperidine rings is 1. The molecule has 0 aliphatic carbocycles. The second kappa shape index (κ2) is 10.3. The molecule has 4 heteroatoms. The van der Waals surface area contributed by atoms with Crippen molar-refractivity contribution in [2.24, 2.45) is 0 Å². The van der Waals surface area contributed by atoms with Crippen LogP contribution in [0.1, 0.15) is 31.2 Å². The van der Waals surface area contributed by atoms with E-state index >= 15 is 0 Å². The summed E-state index contributed by atoms with van der Waals surface area (Å²) < 4.78 is 12.0. The second-order valence-electron chi connectivity index (χ2n) is 6.42. The van der Waals surface area contributed by atoms with E-state index in [-0.39, 0.29) is 12.4 Å². The van der Waals surface area contributed by atoms with Crippen LogP contribution in [0.5, 0.6) is 17.2 Å². The molecule has 1 saturated heterocycles. The summed E-state index contributed by atoms with van der Waals surface area (Å²) in [5.74, 6) is 2.48. The normalized spacial score (nSPS) is 14.6. The first-order chi connectivity index (χ1) is 11.8. The third-order valence-electron chi connectivity index (χ3n) is 4.49. The predicted octanol–water partition coefficient (Wildman–Crippen LogP) is 5.46. The van der Waals surface area contributed by atoms with Crippen molar-refractivity contribution in [1.29, 1.82) is 0 Å². The summed E-state index contributed by atoms with van der Waals surface area (Å²) in [6.07, 6.45) is 5.12. The van der Waals surface area contributed by atoms with Crippen LogP contribution in [0.15, 0.2) is 48.5 Å². The van der Waals surface area contributed by atoms with Crippen LogP contribution in [-0.4, -0.2) is 31.1 Å². The quantitative estimate of drug-likeness (QED) is 0.611. The molecule has 0 atom stereocenters. The van der Waals surface area contributed by atoms with Gasteiger partial charge in [-0.25, -0.2) is 0 Å². The third kappa shape index (κ3) is 5.94. The van der Waals surface area contributed by atoms with Gasteiger partial charge in [0, 0.05) is 6.54 Å². The lowest BCUT2D eigenvalue weighted by molar-refractivity contribution is 0.203. The predicted molar refractivity (Wildman–Crippen MR) is 105 cm³/mol. The van der Waals surface area contributed by atoms with E-state index in [0.29, 0.717) is 0 Å². The first-order valence-corrected chi connectivity index (χ1v) is 9.00. The lowest BCUT2D eigenvalue weighted by Crippen LogP contribution is -2.31. The van der Waals surface area contributed by atoms with Gasteiger partial charge in [0.2, 0.25) is 0 Å². The lowest BCUT2D eigenvalue weighted by Gasteiger charge is -2.26. The number of benzene rings is 2. The molecule has 1 fully saturated rings. The van der Waals surface area contributed by atoms with E-state index in [2.05, 4.69) is 17.9 Å². The van der Waals surface area contributed by atoms with Crippen molar-refractivity contribution in [3.8, 4) is 17.2 Å². The maximum atomic E-state index is 6.05. The van der Waals surface area contributed by atoms with Gasteiger partial charge >= 0.3 is 0 Å². The van der Waals surface area contributed by atoms with Gasteiger partial charge in [-0.15, -0.1) is 12.4 Å². The number of hydrogen-bond donors (Lipinski definition) is 0. The number of hydrogen-bond acceptors (Lipinski definition) is 3. The molecule has 0 unspecified atom stereocenters. The number of aryl methyl sites for hydroxylation is 1. The maximum Gasteiger partial charge on any atom is 0.169 e. The van der Waals surface area contributed by atoms with E-state index in [1.165, 1.54) is 32.4 Å². The Morgan fingerprint density at radius 1 is 0.840 bits per heavy atom. The minimum Gasteiger partial charge on any atom is -0.490 e. The summed E-state index contributed by atoms with van der Waals surface area (Å²) in [6, 6.07) is 16.0. The fourth-order valence-corrected chi connectivity index (χ4v) is 3.10. The molecule has 3 rings (SSSR count). The van der Waals surface area contributed by atoms with Gasteiger partial charge in [-0.05, 0) is 63.0 Å². The number of para-hydroxylation sites is 3. The summed E-state index contributed by atoms with van der Waals surface area (Å²) in [5.41, 5.74) is 1.12. The van der Waals surface area contributed by atoms with Crippen LogP contribution in [0.3, 0.4) is 0 Å². The first-order valence-electron chi connectivity index (χ1n) is 9.00. The molecule has 0 amide bonds. The summed E-state index contributed by atoms with van der Waals surface area (Å²) in [5, 5.41) is 0. The molecule has 0 N–H and O–H groups in total. The topological polar surface area (TPSA) is 21.7 Å². The van der Waals surface area contributed by atoms with Gasteiger partial charge in [0.25, 0.3) is 0 Å². The van der Waals surface area contributed by atoms with Gasteiger partial charge in [-0.3, -0.25) is 0 Å². The van der Waals surface area contributed by atoms with Gasteiger partial charge in [0.05, 0.1) is 6.61 Å². The molecular weight excluding hydrogens is 334 g/mol. The van der Waals surface area contributed by atoms with Gasteiger partial charge in [-0.2, -0.15) is 0 Å². The summed E-state index contributed by atoms with van der Waals surface area (Å²) in [6.45, 7) is 6.39.